The van der Waals surface area contributed by atoms with Gasteiger partial charge in [-0.3, -0.25) is 19.6 Å². The molecule has 1 aromatic rings. The Balaban J connectivity index is 1.64. The van der Waals surface area contributed by atoms with Crippen molar-refractivity contribution in [2.45, 2.75) is 43.1 Å². The molecule has 0 spiro atoms. The van der Waals surface area contributed by atoms with Crippen molar-refractivity contribution in [3.8, 4) is 0 Å². The molecule has 1 aromatic carbocycles. The number of nitrogens with one attached hydrogen (secondary N) is 2. The number of rotatable bonds is 5. The molecule has 4 rings (SSSR count). The summed E-state index contributed by atoms with van der Waals surface area (Å²) in [6.07, 6.45) is 2.28. The van der Waals surface area contributed by atoms with E-state index in [9.17, 15) is 19.6 Å². The fourth-order valence-corrected chi connectivity index (χ4v) is 6.90. The number of primary amides is 1. The van der Waals surface area contributed by atoms with Gasteiger partial charge in [-0.1, -0.05) is 23.4 Å². The Hall–Kier alpha value is -2.80. The number of hydrogen-bond donors (Lipinski definition) is 4. The summed E-state index contributed by atoms with van der Waals surface area (Å²) < 4.78 is 0. The summed E-state index contributed by atoms with van der Waals surface area (Å²) >= 11 is 7.38. The monoisotopic (exact) mass is 563 g/mol. The van der Waals surface area contributed by atoms with E-state index in [0.29, 0.717) is 30.0 Å². The lowest BCUT2D eigenvalue weighted by atomic mass is 9.80. The summed E-state index contributed by atoms with van der Waals surface area (Å²) in [5.41, 5.74) is 9.24. The van der Waals surface area contributed by atoms with Crippen molar-refractivity contribution in [3.05, 3.63) is 39.9 Å². The Morgan fingerprint density at radius 2 is 1.92 bits per heavy atom. The van der Waals surface area contributed by atoms with Gasteiger partial charge in [0.25, 0.3) is 11.8 Å². The molecule has 1 unspecified atom stereocenters. The van der Waals surface area contributed by atoms with Crippen LogP contribution in [0, 0.1) is 5.92 Å². The minimum atomic E-state index is -0.623. The van der Waals surface area contributed by atoms with E-state index >= 15 is 0 Å². The number of hydroxylamine groups is 1. The number of halogens is 1. The van der Waals surface area contributed by atoms with E-state index < -0.39 is 23.2 Å². The van der Waals surface area contributed by atoms with Crippen molar-refractivity contribution in [1.82, 2.24) is 25.5 Å². The van der Waals surface area contributed by atoms with Crippen LogP contribution in [0.25, 0.3) is 0 Å². The third-order valence-electron chi connectivity index (χ3n) is 7.20. The second-order valence-electron chi connectivity index (χ2n) is 10.1. The first-order valence-corrected chi connectivity index (χ1v) is 13.8. The molecular weight excluding hydrogens is 530 g/mol. The topological polar surface area (TPSA) is 144 Å². The molecule has 0 saturated heterocycles. The van der Waals surface area contributed by atoms with Gasteiger partial charge in [0.15, 0.2) is 5.37 Å². The SMILES string of the molecule is CN1CCC2=C(C1)SC(C(N)=O)N2[C@@H]1C[C@@H](C(=O)N(C)C)CC[C@@H]1NC(=O)C(=Nc1ccc(Cl)cc1)NO. The second-order valence-corrected chi connectivity index (χ2v) is 11.7. The van der Waals surface area contributed by atoms with Crippen LogP contribution in [-0.2, 0) is 14.4 Å². The number of hydrogen-bond acceptors (Lipinski definition) is 8. The zero-order valence-corrected chi connectivity index (χ0v) is 23.3. The fraction of sp³-hybridized carbons (Fsp3) is 0.520. The van der Waals surface area contributed by atoms with Gasteiger partial charge < -0.3 is 25.8 Å². The standard InChI is InChI=1S/C25H34ClN7O4S/c1-31(2)24(36)14-4-9-17(29-23(35)22(30-37)28-16-7-5-15(26)6-8-16)19(12-14)33-18-10-11-32(3)13-20(18)38-25(33)21(27)34/h5-8,14,17,19,25,37H,4,9-13H2,1-3H3,(H2,27,34)(H,28,30)(H,29,35)/t14-,17-,19+,25?/m0/s1. The predicted molar refractivity (Wildman–Crippen MR) is 147 cm³/mol. The van der Waals surface area contributed by atoms with Crippen LogP contribution in [0.15, 0.2) is 39.9 Å². The van der Waals surface area contributed by atoms with Gasteiger partial charge in [0.2, 0.25) is 11.7 Å². The van der Waals surface area contributed by atoms with E-state index in [1.807, 2.05) is 17.4 Å². The first-order valence-electron chi connectivity index (χ1n) is 12.5. The highest BCUT2D eigenvalue weighted by Crippen LogP contribution is 2.46. The van der Waals surface area contributed by atoms with Gasteiger partial charge >= 0.3 is 0 Å². The summed E-state index contributed by atoms with van der Waals surface area (Å²) in [6, 6.07) is 5.76. The molecule has 13 heteroatoms. The van der Waals surface area contributed by atoms with Crippen LogP contribution in [0.1, 0.15) is 25.7 Å². The van der Waals surface area contributed by atoms with Gasteiger partial charge in [-0.2, -0.15) is 0 Å². The molecular formula is C25H34ClN7O4S. The number of likely N-dealkylation sites (N-methyl/N-ethyl adjacent to an activating group) is 1. The smallest absolute Gasteiger partial charge is 0.289 e. The maximum atomic E-state index is 13.2. The Morgan fingerprint density at radius 1 is 1.21 bits per heavy atom. The first kappa shape index (κ1) is 28.2. The summed E-state index contributed by atoms with van der Waals surface area (Å²) in [5, 5.41) is 12.6. The van der Waals surface area contributed by atoms with Crippen LogP contribution in [0.5, 0.6) is 0 Å². The Labute approximate surface area is 231 Å². The zero-order valence-electron chi connectivity index (χ0n) is 21.7. The number of carbonyl (C=O) groups excluding carboxylic acids is 3. The highest BCUT2D eigenvalue weighted by atomic mass is 35.5. The van der Waals surface area contributed by atoms with Gasteiger partial charge in [0, 0.05) is 61.2 Å². The number of nitrogens with two attached hydrogens (primary N) is 1. The van der Waals surface area contributed by atoms with Crippen molar-refractivity contribution in [2.75, 3.05) is 34.2 Å². The predicted octanol–water partition coefficient (Wildman–Crippen LogP) is 1.50. The first-order chi connectivity index (χ1) is 18.1. The number of benzene rings is 1. The van der Waals surface area contributed by atoms with Crippen LogP contribution in [0.3, 0.4) is 0 Å². The fourth-order valence-electron chi connectivity index (χ4n) is 5.35. The van der Waals surface area contributed by atoms with E-state index in [2.05, 4.69) is 15.2 Å². The molecule has 38 heavy (non-hydrogen) atoms. The highest BCUT2D eigenvalue weighted by Gasteiger charge is 2.47. The lowest BCUT2D eigenvalue weighted by Crippen LogP contribution is -2.59. The molecule has 2 aliphatic heterocycles. The molecule has 206 valence electrons. The van der Waals surface area contributed by atoms with Crippen molar-refractivity contribution < 1.29 is 19.6 Å². The van der Waals surface area contributed by atoms with Gasteiger partial charge in [-0.15, -0.1) is 0 Å². The van der Waals surface area contributed by atoms with Gasteiger partial charge in [0.05, 0.1) is 11.7 Å². The normalized spacial score (nSPS) is 26.1. The number of amides is 3. The molecule has 1 fully saturated rings. The van der Waals surface area contributed by atoms with E-state index in [4.69, 9.17) is 17.3 Å². The van der Waals surface area contributed by atoms with Crippen molar-refractivity contribution >= 4 is 52.6 Å². The van der Waals surface area contributed by atoms with Gasteiger partial charge in [-0.05, 0) is 50.6 Å². The lowest BCUT2D eigenvalue weighted by molar-refractivity contribution is -0.135. The summed E-state index contributed by atoms with van der Waals surface area (Å²) in [4.78, 5) is 49.9. The van der Waals surface area contributed by atoms with Crippen LogP contribution in [0.4, 0.5) is 5.69 Å². The molecule has 3 aliphatic rings. The van der Waals surface area contributed by atoms with Crippen molar-refractivity contribution in [3.63, 3.8) is 0 Å². The quantitative estimate of drug-likeness (QED) is 0.240. The number of carbonyl (C=O) groups is 3. The van der Waals surface area contributed by atoms with Crippen LogP contribution in [-0.4, -0.2) is 95.2 Å². The molecule has 1 aliphatic carbocycles. The second kappa shape index (κ2) is 11.9. The average molecular weight is 564 g/mol. The zero-order chi connectivity index (χ0) is 27.6. The largest absolute Gasteiger partial charge is 0.367 e. The van der Waals surface area contributed by atoms with Crippen molar-refractivity contribution in [2.24, 2.45) is 16.6 Å². The average Bonchev–Trinajstić information content (AvgIpc) is 3.26. The number of amidine groups is 1. The molecule has 5 N–H and O–H groups in total. The van der Waals surface area contributed by atoms with Crippen LogP contribution in [0.2, 0.25) is 5.02 Å². The molecule has 11 nitrogen and oxygen atoms in total. The maximum Gasteiger partial charge on any atom is 0.289 e. The van der Waals surface area contributed by atoms with Crippen LogP contribution >= 0.6 is 23.4 Å². The molecule has 1 saturated carbocycles. The summed E-state index contributed by atoms with van der Waals surface area (Å²) in [7, 11) is 5.49. The molecule has 3 amide bonds. The maximum absolute atomic E-state index is 13.2. The minimum absolute atomic E-state index is 0.0156. The molecule has 0 aromatic heterocycles. The van der Waals surface area contributed by atoms with Crippen LogP contribution < -0.4 is 16.5 Å². The Bertz CT molecular complexity index is 1140. The molecule has 0 radical (unpaired) electrons. The number of nitrogens with zero attached hydrogens (tertiary/aromatic N) is 4. The molecule has 2 heterocycles. The van der Waals surface area contributed by atoms with Crippen molar-refractivity contribution in [1.29, 1.82) is 0 Å². The molecule has 0 bridgehead atoms. The van der Waals surface area contributed by atoms with Gasteiger partial charge in [-0.25, -0.2) is 10.5 Å². The van der Waals surface area contributed by atoms with E-state index in [1.54, 1.807) is 43.3 Å². The Kier molecular flexibility index (Phi) is 8.86. The van der Waals surface area contributed by atoms with Gasteiger partial charge in [0.1, 0.15) is 0 Å². The highest BCUT2D eigenvalue weighted by molar-refractivity contribution is 8.04. The van der Waals surface area contributed by atoms with E-state index in [1.165, 1.54) is 11.8 Å². The third kappa shape index (κ3) is 6.09. The number of thioether (sulfide) groups is 1. The molecule has 4 atom stereocenters. The Morgan fingerprint density at radius 3 is 2.55 bits per heavy atom. The van der Waals surface area contributed by atoms with E-state index in [-0.39, 0.29) is 23.7 Å². The summed E-state index contributed by atoms with van der Waals surface area (Å²) in [6.45, 7) is 1.55. The van der Waals surface area contributed by atoms with E-state index in [0.717, 1.165) is 30.1 Å². The third-order valence-corrected chi connectivity index (χ3v) is 8.78. The minimum Gasteiger partial charge on any atom is -0.367 e. The summed E-state index contributed by atoms with van der Waals surface area (Å²) in [5.74, 6) is -1.58. The number of aliphatic imine (C=N–C) groups is 1. The lowest BCUT2D eigenvalue weighted by Gasteiger charge is -2.45.